The van der Waals surface area contributed by atoms with E-state index in [1.807, 2.05) is 0 Å². The minimum absolute atomic E-state index is 0.0454. The summed E-state index contributed by atoms with van der Waals surface area (Å²) in [5.41, 5.74) is 6.02. The molecule has 4 unspecified atom stereocenters. The van der Waals surface area contributed by atoms with Gasteiger partial charge in [0.05, 0.1) is 12.5 Å². The molecule has 210 valence electrons. The first kappa shape index (κ1) is 32.2. The van der Waals surface area contributed by atoms with E-state index in [9.17, 15) is 39.0 Å². The molecule has 0 aromatic heterocycles. The van der Waals surface area contributed by atoms with Crippen molar-refractivity contribution in [2.24, 2.45) is 5.73 Å². The summed E-state index contributed by atoms with van der Waals surface area (Å²) < 4.78 is 0. The molecule has 9 N–H and O–H groups in total. The molecule has 15 heteroatoms. The molecule has 14 nitrogen and oxygen atoms in total. The fourth-order valence-corrected chi connectivity index (χ4v) is 3.68. The van der Waals surface area contributed by atoms with Crippen molar-refractivity contribution in [2.75, 3.05) is 12.0 Å². The van der Waals surface area contributed by atoms with Crippen molar-refractivity contribution in [3.63, 3.8) is 0 Å². The number of thioether (sulfide) groups is 1. The van der Waals surface area contributed by atoms with Crippen molar-refractivity contribution in [3.05, 3.63) is 29.8 Å². The molecular formula is C23H32N4O10S. The molecule has 0 fully saturated rings. The standard InChI is InChI=1S/C23H32N4O10S/c1-38-9-8-16(23(36)37)26-22(35)17(10-12-2-4-13(28)5-3-12)27-21(34)15(6-7-18(29)30)25-20(33)14(24)11-19(31)32/h2-5,14-17,28H,6-11,24H2,1H3,(H,25,33)(H,26,35)(H,27,34)(H,29,30)(H,31,32)(H,36,37). The van der Waals surface area contributed by atoms with Gasteiger partial charge in [0.2, 0.25) is 17.7 Å². The van der Waals surface area contributed by atoms with Crippen LogP contribution in [0.2, 0.25) is 0 Å². The minimum Gasteiger partial charge on any atom is -0.508 e. The second-order valence-electron chi connectivity index (χ2n) is 8.31. The number of carboxylic acids is 3. The number of aliphatic carboxylic acids is 3. The van der Waals surface area contributed by atoms with Crippen molar-refractivity contribution < 1.29 is 49.2 Å². The van der Waals surface area contributed by atoms with Crippen LogP contribution in [0.15, 0.2) is 24.3 Å². The van der Waals surface area contributed by atoms with Crippen LogP contribution in [-0.4, -0.2) is 92.2 Å². The maximum absolute atomic E-state index is 13.1. The van der Waals surface area contributed by atoms with Gasteiger partial charge in [-0.3, -0.25) is 24.0 Å². The molecule has 1 rings (SSSR count). The number of amides is 3. The van der Waals surface area contributed by atoms with Gasteiger partial charge in [0.1, 0.15) is 23.9 Å². The Bertz CT molecular complexity index is 1000. The largest absolute Gasteiger partial charge is 0.508 e. The zero-order chi connectivity index (χ0) is 28.8. The highest BCUT2D eigenvalue weighted by atomic mass is 32.2. The summed E-state index contributed by atoms with van der Waals surface area (Å²) in [5.74, 6) is -6.34. The van der Waals surface area contributed by atoms with Gasteiger partial charge in [-0.2, -0.15) is 11.8 Å². The van der Waals surface area contributed by atoms with Gasteiger partial charge < -0.3 is 42.1 Å². The highest BCUT2D eigenvalue weighted by Crippen LogP contribution is 2.12. The van der Waals surface area contributed by atoms with Gasteiger partial charge in [-0.05, 0) is 42.5 Å². The van der Waals surface area contributed by atoms with Crippen LogP contribution in [0.3, 0.4) is 0 Å². The zero-order valence-electron chi connectivity index (χ0n) is 20.6. The number of hydrogen-bond donors (Lipinski definition) is 8. The van der Waals surface area contributed by atoms with Crippen LogP contribution in [0.5, 0.6) is 5.75 Å². The lowest BCUT2D eigenvalue weighted by Gasteiger charge is -2.25. The number of nitrogens with one attached hydrogen (secondary N) is 3. The smallest absolute Gasteiger partial charge is 0.326 e. The quantitative estimate of drug-likeness (QED) is 0.114. The SMILES string of the molecule is CSCCC(NC(=O)C(Cc1ccc(O)cc1)NC(=O)C(CCC(=O)O)NC(=O)C(N)CC(=O)O)C(=O)O. The van der Waals surface area contributed by atoms with E-state index in [1.165, 1.54) is 36.0 Å². The number of hydrogen-bond acceptors (Lipinski definition) is 9. The van der Waals surface area contributed by atoms with Crippen LogP contribution in [-0.2, 0) is 35.2 Å². The summed E-state index contributed by atoms with van der Waals surface area (Å²) in [6, 6.07) is 0.0781. The van der Waals surface area contributed by atoms with Crippen molar-refractivity contribution in [1.82, 2.24) is 16.0 Å². The molecule has 0 aliphatic heterocycles. The van der Waals surface area contributed by atoms with Crippen molar-refractivity contribution in [1.29, 1.82) is 0 Å². The first-order valence-electron chi connectivity index (χ1n) is 11.4. The molecule has 4 atom stereocenters. The Hall–Kier alpha value is -3.85. The lowest BCUT2D eigenvalue weighted by atomic mass is 10.0. The Labute approximate surface area is 222 Å². The Kier molecular flexibility index (Phi) is 13.6. The summed E-state index contributed by atoms with van der Waals surface area (Å²) >= 11 is 1.38. The third kappa shape index (κ3) is 11.9. The van der Waals surface area contributed by atoms with E-state index in [2.05, 4.69) is 16.0 Å². The summed E-state index contributed by atoms with van der Waals surface area (Å²) in [6.45, 7) is 0. The van der Waals surface area contributed by atoms with Gasteiger partial charge >= 0.3 is 17.9 Å². The van der Waals surface area contributed by atoms with Crippen LogP contribution in [0, 0.1) is 0 Å². The molecule has 3 amide bonds. The first-order valence-corrected chi connectivity index (χ1v) is 12.8. The summed E-state index contributed by atoms with van der Waals surface area (Å²) in [6.07, 6.45) is 0.0642. The van der Waals surface area contributed by atoms with Crippen LogP contribution >= 0.6 is 11.8 Å². The Balaban J connectivity index is 3.17. The number of aromatic hydroxyl groups is 1. The third-order valence-corrected chi connectivity index (χ3v) is 5.89. The zero-order valence-corrected chi connectivity index (χ0v) is 21.4. The van der Waals surface area contributed by atoms with Crippen molar-refractivity contribution in [3.8, 4) is 5.75 Å². The van der Waals surface area contributed by atoms with E-state index in [1.54, 1.807) is 6.26 Å². The maximum Gasteiger partial charge on any atom is 0.326 e. The summed E-state index contributed by atoms with van der Waals surface area (Å²) in [7, 11) is 0. The molecule has 0 aliphatic rings. The van der Waals surface area contributed by atoms with Gasteiger partial charge in [-0.25, -0.2) is 4.79 Å². The number of phenols is 1. The van der Waals surface area contributed by atoms with Crippen LogP contribution in [0.4, 0.5) is 0 Å². The molecule has 0 spiro atoms. The molecule has 1 aromatic rings. The topological polar surface area (TPSA) is 245 Å². The lowest BCUT2D eigenvalue weighted by Crippen LogP contribution is -2.57. The molecule has 1 aromatic carbocycles. The van der Waals surface area contributed by atoms with E-state index in [0.717, 1.165) is 0 Å². The molecule has 0 bridgehead atoms. The third-order valence-electron chi connectivity index (χ3n) is 5.25. The molecule has 0 heterocycles. The normalized spacial score (nSPS) is 13.8. The summed E-state index contributed by atoms with van der Waals surface area (Å²) in [5, 5.41) is 43.8. The highest BCUT2D eigenvalue weighted by Gasteiger charge is 2.31. The molecular weight excluding hydrogens is 524 g/mol. The number of benzene rings is 1. The summed E-state index contributed by atoms with van der Waals surface area (Å²) in [4.78, 5) is 72.0. The number of carbonyl (C=O) groups excluding carboxylic acids is 3. The number of nitrogens with two attached hydrogens (primary N) is 1. The molecule has 0 aliphatic carbocycles. The van der Waals surface area contributed by atoms with Crippen LogP contribution in [0.1, 0.15) is 31.2 Å². The number of phenolic OH excluding ortho intramolecular Hbond substituents is 1. The first-order chi connectivity index (χ1) is 17.8. The van der Waals surface area contributed by atoms with Gasteiger partial charge in [0.25, 0.3) is 0 Å². The molecule has 0 radical (unpaired) electrons. The Morgan fingerprint density at radius 3 is 1.89 bits per heavy atom. The van der Waals surface area contributed by atoms with Crippen molar-refractivity contribution in [2.45, 2.75) is 56.3 Å². The van der Waals surface area contributed by atoms with Crippen LogP contribution < -0.4 is 21.7 Å². The fraction of sp³-hybridized carbons (Fsp3) is 0.478. The number of carbonyl (C=O) groups is 6. The predicted octanol–water partition coefficient (Wildman–Crippen LogP) is -1.11. The highest BCUT2D eigenvalue weighted by molar-refractivity contribution is 7.98. The molecule has 0 saturated heterocycles. The van der Waals surface area contributed by atoms with Gasteiger partial charge in [-0.1, -0.05) is 12.1 Å². The maximum atomic E-state index is 13.1. The second-order valence-corrected chi connectivity index (χ2v) is 9.30. The van der Waals surface area contributed by atoms with Gasteiger partial charge in [0.15, 0.2) is 0 Å². The fourth-order valence-electron chi connectivity index (χ4n) is 3.21. The van der Waals surface area contributed by atoms with Gasteiger partial charge in [0, 0.05) is 12.8 Å². The lowest BCUT2D eigenvalue weighted by molar-refractivity contribution is -0.142. The Morgan fingerprint density at radius 1 is 0.816 bits per heavy atom. The van der Waals surface area contributed by atoms with Crippen molar-refractivity contribution >= 4 is 47.4 Å². The average Bonchev–Trinajstić information content (AvgIpc) is 2.83. The molecule has 0 saturated carbocycles. The second kappa shape index (κ2) is 16.1. The van der Waals surface area contributed by atoms with Gasteiger partial charge in [-0.15, -0.1) is 0 Å². The van der Waals surface area contributed by atoms with E-state index < -0.39 is 79.1 Å². The average molecular weight is 557 g/mol. The van der Waals surface area contributed by atoms with E-state index in [-0.39, 0.29) is 18.6 Å². The monoisotopic (exact) mass is 556 g/mol. The molecule has 38 heavy (non-hydrogen) atoms. The van der Waals surface area contributed by atoms with E-state index in [0.29, 0.717) is 11.3 Å². The number of rotatable bonds is 17. The van der Waals surface area contributed by atoms with Crippen LogP contribution in [0.25, 0.3) is 0 Å². The van der Waals surface area contributed by atoms with E-state index in [4.69, 9.17) is 15.9 Å². The minimum atomic E-state index is -1.52. The number of carboxylic acid groups (broad SMARTS) is 3. The Morgan fingerprint density at radius 2 is 1.37 bits per heavy atom. The van der Waals surface area contributed by atoms with E-state index >= 15 is 0 Å². The predicted molar refractivity (Wildman–Crippen MR) is 135 cm³/mol.